The summed E-state index contributed by atoms with van der Waals surface area (Å²) >= 11 is 0. The molecule has 7 aromatic carbocycles. The second-order valence-corrected chi connectivity index (χ2v) is 12.6. The lowest BCUT2D eigenvalue weighted by atomic mass is 9.98. The zero-order chi connectivity index (χ0) is 33.0. The number of nitrogens with zero attached hydrogens (tertiary/aromatic N) is 3. The first-order chi connectivity index (χ1) is 24.8. The number of hydrogen-bond donors (Lipinski definition) is 1. The predicted molar refractivity (Wildman–Crippen MR) is 205 cm³/mol. The van der Waals surface area contributed by atoms with Gasteiger partial charge >= 0.3 is 0 Å². The number of para-hydroxylation sites is 2. The molecule has 5 heteroatoms. The summed E-state index contributed by atoms with van der Waals surface area (Å²) in [6, 6.07) is 59.2. The van der Waals surface area contributed by atoms with Crippen molar-refractivity contribution >= 4 is 55.4 Å². The summed E-state index contributed by atoms with van der Waals surface area (Å²) in [5.41, 5.74) is 10.5. The van der Waals surface area contributed by atoms with Gasteiger partial charge in [-0.25, -0.2) is 9.98 Å². The molecule has 3 heterocycles. The Morgan fingerprint density at radius 2 is 1.22 bits per heavy atom. The Balaban J connectivity index is 1.15. The van der Waals surface area contributed by atoms with Crippen molar-refractivity contribution in [3.8, 4) is 16.8 Å². The molecule has 0 amide bonds. The highest BCUT2D eigenvalue weighted by atomic mass is 16.3. The van der Waals surface area contributed by atoms with E-state index in [1.54, 1.807) is 0 Å². The van der Waals surface area contributed by atoms with Crippen LogP contribution >= 0.6 is 0 Å². The first-order valence-corrected chi connectivity index (χ1v) is 16.9. The summed E-state index contributed by atoms with van der Waals surface area (Å²) in [6.45, 7) is 0. The summed E-state index contributed by atoms with van der Waals surface area (Å²) in [5, 5.41) is 8.24. The summed E-state index contributed by atoms with van der Waals surface area (Å²) in [7, 11) is 0. The van der Waals surface area contributed by atoms with E-state index < -0.39 is 0 Å². The Morgan fingerprint density at radius 3 is 2.10 bits per heavy atom. The van der Waals surface area contributed by atoms with Crippen LogP contribution in [-0.4, -0.2) is 16.2 Å². The first kappa shape index (κ1) is 28.3. The van der Waals surface area contributed by atoms with Gasteiger partial charge in [0.25, 0.3) is 0 Å². The fourth-order valence-electron chi connectivity index (χ4n) is 7.34. The number of hydrogen-bond acceptors (Lipinski definition) is 4. The number of benzene rings is 7. The molecular weight excluding hydrogens is 613 g/mol. The Bertz CT molecular complexity index is 2790. The molecule has 1 aliphatic heterocycles. The number of nitrogens with one attached hydrogen (secondary N) is 1. The lowest BCUT2D eigenvalue weighted by molar-refractivity contribution is 0.669. The number of fused-ring (bicyclic) bond motifs is 6. The van der Waals surface area contributed by atoms with Crippen molar-refractivity contribution in [1.82, 2.24) is 9.88 Å². The Kier molecular flexibility index (Phi) is 6.49. The molecule has 0 aliphatic carbocycles. The molecule has 1 unspecified atom stereocenters. The summed E-state index contributed by atoms with van der Waals surface area (Å²) in [4.78, 5) is 10.2. The molecule has 2 aromatic heterocycles. The SMILES string of the molecule is c1ccc(C2=NC(c3cccc(-n4c5ccccc5c5ccc(-c6cccc7oc8ccccc8c67)cc54)c3)=NC(c3ccccc3)N2)cc1. The van der Waals surface area contributed by atoms with E-state index in [0.29, 0.717) is 5.84 Å². The van der Waals surface area contributed by atoms with Crippen LogP contribution in [0.15, 0.2) is 184 Å². The average molecular weight is 643 g/mol. The fraction of sp³-hybridized carbons (Fsp3) is 0.0222. The van der Waals surface area contributed by atoms with Crippen LogP contribution in [0.25, 0.3) is 60.6 Å². The maximum absolute atomic E-state index is 6.25. The standard InChI is InChI=1S/C45H30N4O/c1-3-13-29(14-4-1)43-46-44(30-15-5-2-6-16-30)48-45(47-43)32-17-11-18-33(27-32)49-38-22-9-7-19-35(38)36-26-25-31(28-39(36)49)34-21-12-24-41-42(34)37-20-8-10-23-40(37)50-41/h1-28,43H,(H,46,47,48). The van der Waals surface area contributed by atoms with E-state index in [1.165, 1.54) is 10.8 Å². The third-order valence-corrected chi connectivity index (χ3v) is 9.65. The van der Waals surface area contributed by atoms with Crippen LogP contribution in [-0.2, 0) is 0 Å². The van der Waals surface area contributed by atoms with Gasteiger partial charge in [0.1, 0.15) is 23.2 Å². The van der Waals surface area contributed by atoms with E-state index >= 15 is 0 Å². The van der Waals surface area contributed by atoms with Crippen molar-refractivity contribution in [2.75, 3.05) is 0 Å². The van der Waals surface area contributed by atoms with Gasteiger partial charge in [0.2, 0.25) is 0 Å². The van der Waals surface area contributed by atoms with Gasteiger partial charge in [0, 0.05) is 38.4 Å². The van der Waals surface area contributed by atoms with E-state index in [1.807, 2.05) is 48.5 Å². The molecule has 1 atom stereocenters. The van der Waals surface area contributed by atoms with Crippen molar-refractivity contribution in [3.05, 3.63) is 187 Å². The van der Waals surface area contributed by atoms with Crippen molar-refractivity contribution in [1.29, 1.82) is 0 Å². The highest BCUT2D eigenvalue weighted by molar-refractivity contribution is 6.15. The van der Waals surface area contributed by atoms with Gasteiger partial charge < -0.3 is 14.3 Å². The molecule has 10 rings (SSSR count). The third-order valence-electron chi connectivity index (χ3n) is 9.65. The molecule has 0 saturated carbocycles. The molecule has 236 valence electrons. The normalized spacial score (nSPS) is 14.6. The van der Waals surface area contributed by atoms with Crippen LogP contribution in [0.2, 0.25) is 0 Å². The monoisotopic (exact) mass is 642 g/mol. The zero-order valence-electron chi connectivity index (χ0n) is 27.0. The second-order valence-electron chi connectivity index (χ2n) is 12.6. The zero-order valence-corrected chi connectivity index (χ0v) is 27.0. The lowest BCUT2D eigenvalue weighted by Gasteiger charge is -2.23. The number of aliphatic imine (C=N–C) groups is 2. The van der Waals surface area contributed by atoms with E-state index in [0.717, 1.165) is 72.3 Å². The van der Waals surface area contributed by atoms with E-state index in [-0.39, 0.29) is 6.17 Å². The van der Waals surface area contributed by atoms with Gasteiger partial charge in [-0.3, -0.25) is 0 Å². The predicted octanol–water partition coefficient (Wildman–Crippen LogP) is 10.8. The van der Waals surface area contributed by atoms with Crippen molar-refractivity contribution in [2.45, 2.75) is 6.17 Å². The summed E-state index contributed by atoms with van der Waals surface area (Å²) in [5.74, 6) is 1.50. The highest BCUT2D eigenvalue weighted by Crippen LogP contribution is 2.40. The molecular formula is C45H30N4O. The number of rotatable bonds is 5. The smallest absolute Gasteiger partial charge is 0.159 e. The molecule has 1 aliphatic rings. The van der Waals surface area contributed by atoms with Crippen LogP contribution < -0.4 is 5.32 Å². The molecule has 50 heavy (non-hydrogen) atoms. The van der Waals surface area contributed by atoms with E-state index in [9.17, 15) is 0 Å². The fourth-order valence-corrected chi connectivity index (χ4v) is 7.34. The molecule has 0 radical (unpaired) electrons. The van der Waals surface area contributed by atoms with Crippen LogP contribution in [0.4, 0.5) is 0 Å². The third kappa shape index (κ3) is 4.63. The number of furan rings is 1. The molecule has 0 saturated heterocycles. The second kappa shape index (κ2) is 11.5. The van der Waals surface area contributed by atoms with E-state index in [4.69, 9.17) is 14.4 Å². The minimum Gasteiger partial charge on any atom is -0.456 e. The molecule has 0 bridgehead atoms. The molecule has 0 fully saturated rings. The Hall–Kier alpha value is -6.72. The van der Waals surface area contributed by atoms with Crippen LogP contribution in [0.3, 0.4) is 0 Å². The van der Waals surface area contributed by atoms with Gasteiger partial charge in [0.05, 0.1) is 11.0 Å². The molecule has 9 aromatic rings. The minimum atomic E-state index is -0.264. The number of aromatic nitrogens is 1. The topological polar surface area (TPSA) is 54.8 Å². The summed E-state index contributed by atoms with van der Waals surface area (Å²) in [6.07, 6.45) is -0.264. The maximum Gasteiger partial charge on any atom is 0.159 e. The maximum atomic E-state index is 6.25. The molecule has 5 nitrogen and oxygen atoms in total. The highest BCUT2D eigenvalue weighted by Gasteiger charge is 2.22. The molecule has 0 spiro atoms. The summed E-state index contributed by atoms with van der Waals surface area (Å²) < 4.78 is 8.62. The van der Waals surface area contributed by atoms with E-state index in [2.05, 4.69) is 131 Å². The average Bonchev–Trinajstić information content (AvgIpc) is 3.74. The van der Waals surface area contributed by atoms with Crippen LogP contribution in [0, 0.1) is 0 Å². The van der Waals surface area contributed by atoms with Crippen LogP contribution in [0.5, 0.6) is 0 Å². The van der Waals surface area contributed by atoms with Gasteiger partial charge in [-0.05, 0) is 53.1 Å². The Morgan fingerprint density at radius 1 is 0.520 bits per heavy atom. The van der Waals surface area contributed by atoms with Crippen LogP contribution in [0.1, 0.15) is 22.9 Å². The van der Waals surface area contributed by atoms with Gasteiger partial charge in [0.15, 0.2) is 5.84 Å². The van der Waals surface area contributed by atoms with Gasteiger partial charge in [-0.2, -0.15) is 0 Å². The number of amidine groups is 2. The van der Waals surface area contributed by atoms with Crippen molar-refractivity contribution in [2.24, 2.45) is 9.98 Å². The quantitative estimate of drug-likeness (QED) is 0.203. The van der Waals surface area contributed by atoms with Crippen molar-refractivity contribution in [3.63, 3.8) is 0 Å². The Labute approximate surface area is 288 Å². The van der Waals surface area contributed by atoms with Gasteiger partial charge in [-0.15, -0.1) is 0 Å². The largest absolute Gasteiger partial charge is 0.456 e. The molecule has 1 N–H and O–H groups in total. The minimum absolute atomic E-state index is 0.264. The van der Waals surface area contributed by atoms with Crippen molar-refractivity contribution < 1.29 is 4.42 Å². The lowest BCUT2D eigenvalue weighted by Crippen LogP contribution is -2.33. The first-order valence-electron chi connectivity index (χ1n) is 16.9. The van der Waals surface area contributed by atoms with Gasteiger partial charge in [-0.1, -0.05) is 133 Å².